The standard InChI is InChI=1S/C12H17N5O2S/c1-9-5-6-11(10(2)7-9)20(18,19)16(3)8-12-13-14-15-17(12)4/h5-7H,8H2,1-4H3. The minimum Gasteiger partial charge on any atom is -0.231 e. The Morgan fingerprint density at radius 3 is 2.55 bits per heavy atom. The highest BCUT2D eigenvalue weighted by Crippen LogP contribution is 2.20. The molecular formula is C12H17N5O2S. The third kappa shape index (κ3) is 2.70. The van der Waals surface area contributed by atoms with E-state index in [1.807, 2.05) is 13.0 Å². The van der Waals surface area contributed by atoms with Gasteiger partial charge in [0.2, 0.25) is 10.0 Å². The molecular weight excluding hydrogens is 278 g/mol. The lowest BCUT2D eigenvalue weighted by Crippen LogP contribution is -2.28. The van der Waals surface area contributed by atoms with Gasteiger partial charge in [0.05, 0.1) is 11.4 Å². The Morgan fingerprint density at radius 1 is 1.30 bits per heavy atom. The molecule has 1 heterocycles. The number of benzene rings is 1. The van der Waals surface area contributed by atoms with Gasteiger partial charge in [-0.2, -0.15) is 4.31 Å². The van der Waals surface area contributed by atoms with Crippen LogP contribution in [0.25, 0.3) is 0 Å². The second kappa shape index (κ2) is 5.29. The minimum absolute atomic E-state index is 0.124. The lowest BCUT2D eigenvalue weighted by molar-refractivity contribution is 0.447. The number of sulfonamides is 1. The largest absolute Gasteiger partial charge is 0.243 e. The molecule has 7 nitrogen and oxygen atoms in total. The SMILES string of the molecule is Cc1ccc(S(=O)(=O)N(C)Cc2nnnn2C)c(C)c1. The van der Waals surface area contributed by atoms with E-state index in [-0.39, 0.29) is 6.54 Å². The second-order valence-corrected chi connectivity index (χ2v) is 6.76. The van der Waals surface area contributed by atoms with Crippen LogP contribution in [0.3, 0.4) is 0 Å². The fourth-order valence-electron chi connectivity index (χ4n) is 1.92. The number of hydrogen-bond donors (Lipinski definition) is 0. The number of aromatic nitrogens is 4. The number of tetrazole rings is 1. The molecule has 0 bridgehead atoms. The summed E-state index contributed by atoms with van der Waals surface area (Å²) < 4.78 is 27.8. The average molecular weight is 295 g/mol. The quantitative estimate of drug-likeness (QED) is 0.827. The van der Waals surface area contributed by atoms with Crippen LogP contribution in [0.4, 0.5) is 0 Å². The van der Waals surface area contributed by atoms with Crippen LogP contribution < -0.4 is 0 Å². The van der Waals surface area contributed by atoms with Crippen molar-refractivity contribution in [3.05, 3.63) is 35.2 Å². The molecule has 0 saturated carbocycles. The first kappa shape index (κ1) is 14.6. The molecule has 0 aliphatic heterocycles. The van der Waals surface area contributed by atoms with Gasteiger partial charge in [-0.3, -0.25) is 0 Å². The highest BCUT2D eigenvalue weighted by atomic mass is 32.2. The Balaban J connectivity index is 2.32. The van der Waals surface area contributed by atoms with Crippen LogP contribution in [0.1, 0.15) is 17.0 Å². The highest BCUT2D eigenvalue weighted by Gasteiger charge is 2.24. The van der Waals surface area contributed by atoms with E-state index in [0.717, 1.165) is 11.1 Å². The van der Waals surface area contributed by atoms with Crippen LogP contribution in [0.15, 0.2) is 23.1 Å². The summed E-state index contributed by atoms with van der Waals surface area (Å²) in [6, 6.07) is 5.27. The summed E-state index contributed by atoms with van der Waals surface area (Å²) >= 11 is 0. The third-order valence-corrected chi connectivity index (χ3v) is 5.05. The summed E-state index contributed by atoms with van der Waals surface area (Å²) in [6.45, 7) is 3.84. The maximum absolute atomic E-state index is 12.5. The fourth-order valence-corrected chi connectivity index (χ4v) is 3.25. The van der Waals surface area contributed by atoms with Gasteiger partial charge >= 0.3 is 0 Å². The Hall–Kier alpha value is -1.80. The van der Waals surface area contributed by atoms with E-state index in [4.69, 9.17) is 0 Å². The first-order valence-electron chi connectivity index (χ1n) is 6.07. The van der Waals surface area contributed by atoms with Crippen molar-refractivity contribution in [3.8, 4) is 0 Å². The Bertz CT molecular complexity index is 723. The smallest absolute Gasteiger partial charge is 0.231 e. The van der Waals surface area contributed by atoms with E-state index < -0.39 is 10.0 Å². The topological polar surface area (TPSA) is 81.0 Å². The predicted molar refractivity (Wildman–Crippen MR) is 73.4 cm³/mol. The van der Waals surface area contributed by atoms with Crippen LogP contribution >= 0.6 is 0 Å². The maximum atomic E-state index is 12.5. The zero-order valence-corrected chi connectivity index (χ0v) is 12.7. The summed E-state index contributed by atoms with van der Waals surface area (Å²) in [6.07, 6.45) is 0. The molecule has 2 rings (SSSR count). The highest BCUT2D eigenvalue weighted by molar-refractivity contribution is 7.89. The second-order valence-electron chi connectivity index (χ2n) is 4.75. The summed E-state index contributed by atoms with van der Waals surface area (Å²) in [5.41, 5.74) is 1.76. The van der Waals surface area contributed by atoms with Crippen molar-refractivity contribution in [2.75, 3.05) is 7.05 Å². The van der Waals surface area contributed by atoms with E-state index >= 15 is 0 Å². The van der Waals surface area contributed by atoms with Gasteiger partial charge in [0.1, 0.15) is 0 Å². The molecule has 0 N–H and O–H groups in total. The molecule has 0 aliphatic rings. The maximum Gasteiger partial charge on any atom is 0.243 e. The molecule has 20 heavy (non-hydrogen) atoms. The van der Waals surface area contributed by atoms with Crippen molar-refractivity contribution in [1.82, 2.24) is 24.5 Å². The van der Waals surface area contributed by atoms with Crippen LogP contribution in [0, 0.1) is 13.8 Å². The number of nitrogens with zero attached hydrogens (tertiary/aromatic N) is 5. The van der Waals surface area contributed by atoms with Gasteiger partial charge in [-0.25, -0.2) is 13.1 Å². The van der Waals surface area contributed by atoms with Gasteiger partial charge in [-0.05, 0) is 35.9 Å². The molecule has 0 aliphatic carbocycles. The molecule has 108 valence electrons. The van der Waals surface area contributed by atoms with Gasteiger partial charge in [0, 0.05) is 14.1 Å². The monoisotopic (exact) mass is 295 g/mol. The van der Waals surface area contributed by atoms with Crippen molar-refractivity contribution in [3.63, 3.8) is 0 Å². The molecule has 0 fully saturated rings. The fraction of sp³-hybridized carbons (Fsp3) is 0.417. The molecule has 1 aromatic carbocycles. The van der Waals surface area contributed by atoms with Gasteiger partial charge in [-0.1, -0.05) is 17.7 Å². The first-order valence-corrected chi connectivity index (χ1v) is 7.51. The normalized spacial score (nSPS) is 12.1. The van der Waals surface area contributed by atoms with Gasteiger partial charge in [-0.15, -0.1) is 5.10 Å². The number of aryl methyl sites for hydroxylation is 3. The third-order valence-electron chi connectivity index (χ3n) is 3.09. The molecule has 0 atom stereocenters. The predicted octanol–water partition coefficient (Wildman–Crippen LogP) is 0.648. The Labute approximate surface area is 118 Å². The van der Waals surface area contributed by atoms with Crippen molar-refractivity contribution >= 4 is 10.0 Å². The van der Waals surface area contributed by atoms with Crippen LogP contribution in [-0.4, -0.2) is 40.0 Å². The van der Waals surface area contributed by atoms with E-state index in [1.54, 1.807) is 26.1 Å². The van der Waals surface area contributed by atoms with Crippen LogP contribution in [0.2, 0.25) is 0 Å². The molecule has 1 aromatic heterocycles. The van der Waals surface area contributed by atoms with Crippen molar-refractivity contribution in [2.45, 2.75) is 25.3 Å². The molecule has 8 heteroatoms. The zero-order chi connectivity index (χ0) is 14.9. The summed E-state index contributed by atoms with van der Waals surface area (Å²) in [4.78, 5) is 0.306. The van der Waals surface area contributed by atoms with E-state index in [9.17, 15) is 8.42 Å². The lowest BCUT2D eigenvalue weighted by atomic mass is 10.2. The lowest BCUT2D eigenvalue weighted by Gasteiger charge is -2.17. The summed E-state index contributed by atoms with van der Waals surface area (Å²) in [5.74, 6) is 0.487. The van der Waals surface area contributed by atoms with Crippen LogP contribution in [0.5, 0.6) is 0 Å². The molecule has 0 radical (unpaired) electrons. The van der Waals surface area contributed by atoms with Crippen molar-refractivity contribution in [2.24, 2.45) is 7.05 Å². The minimum atomic E-state index is -3.55. The Kier molecular flexibility index (Phi) is 3.87. The zero-order valence-electron chi connectivity index (χ0n) is 11.9. The summed E-state index contributed by atoms with van der Waals surface area (Å²) in [7, 11) is -0.364. The van der Waals surface area contributed by atoms with Gasteiger partial charge < -0.3 is 0 Å². The Morgan fingerprint density at radius 2 is 2.00 bits per heavy atom. The van der Waals surface area contributed by atoms with E-state index in [1.165, 1.54) is 16.0 Å². The van der Waals surface area contributed by atoms with Gasteiger partial charge in [0.15, 0.2) is 5.82 Å². The van der Waals surface area contributed by atoms with Crippen LogP contribution in [-0.2, 0) is 23.6 Å². The molecule has 0 spiro atoms. The number of hydrogen-bond acceptors (Lipinski definition) is 5. The average Bonchev–Trinajstić information content (AvgIpc) is 2.74. The van der Waals surface area contributed by atoms with Crippen molar-refractivity contribution in [1.29, 1.82) is 0 Å². The van der Waals surface area contributed by atoms with E-state index in [0.29, 0.717) is 10.7 Å². The molecule has 0 unspecified atom stereocenters. The van der Waals surface area contributed by atoms with E-state index in [2.05, 4.69) is 15.5 Å². The van der Waals surface area contributed by atoms with Crippen molar-refractivity contribution < 1.29 is 8.42 Å². The molecule has 0 amide bonds. The molecule has 2 aromatic rings. The van der Waals surface area contributed by atoms with Gasteiger partial charge in [0.25, 0.3) is 0 Å². The first-order chi connectivity index (χ1) is 9.32. The molecule has 0 saturated heterocycles. The number of rotatable bonds is 4. The summed E-state index contributed by atoms with van der Waals surface area (Å²) in [5, 5.41) is 11.0.